The number of rotatable bonds is 5. The fourth-order valence-corrected chi connectivity index (χ4v) is 6.55. The third-order valence-corrected chi connectivity index (χ3v) is 8.52. The van der Waals surface area contributed by atoms with Crippen LogP contribution in [0, 0.1) is 0 Å². The molecule has 0 unspecified atom stereocenters. The summed E-state index contributed by atoms with van der Waals surface area (Å²) in [5.74, 6) is -0.0417. The predicted molar refractivity (Wildman–Crippen MR) is 114 cm³/mol. The number of carbonyl (C=O) groups is 1. The van der Waals surface area contributed by atoms with Gasteiger partial charge in [-0.25, -0.2) is 8.42 Å². The summed E-state index contributed by atoms with van der Waals surface area (Å²) in [5.41, 5.74) is 0. The Labute approximate surface area is 176 Å². The molecule has 2 fully saturated rings. The van der Waals surface area contributed by atoms with Crippen LogP contribution in [0.3, 0.4) is 0 Å². The van der Waals surface area contributed by atoms with Crippen molar-refractivity contribution in [1.29, 1.82) is 0 Å². The topological polar surface area (TPSA) is 60.9 Å². The van der Waals surface area contributed by atoms with Crippen LogP contribution in [-0.4, -0.2) is 67.2 Å². The summed E-state index contributed by atoms with van der Waals surface area (Å²) in [6.45, 7) is 4.27. The van der Waals surface area contributed by atoms with Gasteiger partial charge in [0.05, 0.1) is 4.90 Å². The molecule has 4 rings (SSSR count). The Hall–Kier alpha value is -1.74. The van der Waals surface area contributed by atoms with E-state index >= 15 is 0 Å². The van der Waals surface area contributed by atoms with Gasteiger partial charge in [-0.3, -0.25) is 9.69 Å². The van der Waals surface area contributed by atoms with Crippen molar-refractivity contribution in [3.63, 3.8) is 0 Å². The molecule has 2 aliphatic rings. The van der Waals surface area contributed by atoms with Crippen LogP contribution in [0.1, 0.15) is 24.1 Å². The number of piperazine rings is 1. The van der Waals surface area contributed by atoms with Crippen molar-refractivity contribution >= 4 is 27.3 Å². The molecule has 0 saturated carbocycles. The van der Waals surface area contributed by atoms with Gasteiger partial charge in [0.1, 0.15) is 6.04 Å². The number of piperidine rings is 1. The van der Waals surface area contributed by atoms with Crippen LogP contribution < -0.4 is 0 Å². The van der Waals surface area contributed by atoms with Gasteiger partial charge in [-0.15, -0.1) is 11.3 Å². The van der Waals surface area contributed by atoms with Crippen LogP contribution >= 0.6 is 11.3 Å². The number of hydrogen-bond donors (Lipinski definition) is 0. The van der Waals surface area contributed by atoms with Crippen LogP contribution in [0.2, 0.25) is 0 Å². The lowest BCUT2D eigenvalue weighted by atomic mass is 10.0. The molecule has 6 nitrogen and oxygen atoms in total. The van der Waals surface area contributed by atoms with Crippen molar-refractivity contribution < 1.29 is 13.2 Å². The van der Waals surface area contributed by atoms with E-state index in [0.717, 1.165) is 32.5 Å². The normalized spacial score (nSPS) is 21.9. The highest BCUT2D eigenvalue weighted by Crippen LogP contribution is 2.27. The first kappa shape index (κ1) is 20.5. The molecule has 2 saturated heterocycles. The van der Waals surface area contributed by atoms with E-state index in [9.17, 15) is 13.2 Å². The summed E-state index contributed by atoms with van der Waals surface area (Å²) in [4.78, 5) is 19.1. The molecule has 0 N–H and O–H groups in total. The van der Waals surface area contributed by atoms with Gasteiger partial charge < -0.3 is 4.90 Å². The van der Waals surface area contributed by atoms with Gasteiger partial charge in [-0.2, -0.15) is 4.31 Å². The van der Waals surface area contributed by atoms with Gasteiger partial charge >= 0.3 is 0 Å². The minimum Gasteiger partial charge on any atom is -0.339 e. The Bertz CT molecular complexity index is 908. The van der Waals surface area contributed by atoms with Gasteiger partial charge in [0.15, 0.2) is 0 Å². The summed E-state index contributed by atoms with van der Waals surface area (Å²) >= 11 is 1.75. The monoisotopic (exact) mass is 433 g/mol. The number of benzene rings is 1. The van der Waals surface area contributed by atoms with Gasteiger partial charge in [0.25, 0.3) is 0 Å². The van der Waals surface area contributed by atoms with E-state index < -0.39 is 16.1 Å². The lowest BCUT2D eigenvalue weighted by molar-refractivity contribution is -0.138. The maximum Gasteiger partial charge on any atom is 0.243 e. The van der Waals surface area contributed by atoms with Gasteiger partial charge in [-0.05, 0) is 36.4 Å². The second-order valence-corrected chi connectivity index (χ2v) is 10.5. The Morgan fingerprint density at radius 3 is 2.41 bits per heavy atom. The van der Waals surface area contributed by atoms with Gasteiger partial charge in [-0.1, -0.05) is 30.7 Å². The lowest BCUT2D eigenvalue weighted by Crippen LogP contribution is -2.56. The third-order valence-electron chi connectivity index (χ3n) is 5.73. The molecule has 8 heteroatoms. The molecule has 3 heterocycles. The Kier molecular flexibility index (Phi) is 6.34. The largest absolute Gasteiger partial charge is 0.339 e. The summed E-state index contributed by atoms with van der Waals surface area (Å²) in [5, 5.41) is 2.08. The third kappa shape index (κ3) is 4.55. The maximum atomic E-state index is 13.3. The summed E-state index contributed by atoms with van der Waals surface area (Å²) in [7, 11) is -3.66. The van der Waals surface area contributed by atoms with Gasteiger partial charge in [0, 0.05) is 44.1 Å². The first-order valence-electron chi connectivity index (χ1n) is 10.2. The van der Waals surface area contributed by atoms with E-state index in [1.807, 2.05) is 4.90 Å². The van der Waals surface area contributed by atoms with E-state index in [4.69, 9.17) is 0 Å². The van der Waals surface area contributed by atoms with Gasteiger partial charge in [0.2, 0.25) is 15.9 Å². The Morgan fingerprint density at radius 1 is 0.966 bits per heavy atom. The Balaban J connectivity index is 1.43. The highest BCUT2D eigenvalue weighted by Gasteiger charge is 2.39. The van der Waals surface area contributed by atoms with Crippen molar-refractivity contribution in [3.8, 4) is 0 Å². The molecule has 0 bridgehead atoms. The molecule has 1 aromatic carbocycles. The van der Waals surface area contributed by atoms with Crippen LogP contribution in [0.4, 0.5) is 0 Å². The van der Waals surface area contributed by atoms with E-state index in [1.165, 1.54) is 9.18 Å². The fourth-order valence-electron chi connectivity index (χ4n) is 4.13. The van der Waals surface area contributed by atoms with Crippen molar-refractivity contribution in [2.75, 3.05) is 32.7 Å². The average molecular weight is 434 g/mol. The highest BCUT2D eigenvalue weighted by atomic mass is 32.2. The van der Waals surface area contributed by atoms with Crippen LogP contribution in [-0.2, 0) is 21.4 Å². The van der Waals surface area contributed by atoms with E-state index in [-0.39, 0.29) is 10.8 Å². The van der Waals surface area contributed by atoms with Crippen molar-refractivity contribution in [2.45, 2.75) is 36.7 Å². The van der Waals surface area contributed by atoms with Crippen LogP contribution in [0.15, 0.2) is 52.7 Å². The number of amides is 1. The van der Waals surface area contributed by atoms with Crippen LogP contribution in [0.5, 0.6) is 0 Å². The SMILES string of the molecule is O=C([C@H]1CCCCN1S(=O)(=O)c1ccccc1)N1CCN(Cc2cccs2)CC1. The number of carbonyl (C=O) groups excluding carboxylic acids is 1. The quantitative estimate of drug-likeness (QED) is 0.727. The van der Waals surface area contributed by atoms with Crippen LogP contribution in [0.25, 0.3) is 0 Å². The number of thiophene rings is 1. The van der Waals surface area contributed by atoms with E-state index in [2.05, 4.69) is 22.4 Å². The molecule has 29 heavy (non-hydrogen) atoms. The maximum absolute atomic E-state index is 13.3. The number of hydrogen-bond acceptors (Lipinski definition) is 5. The molecular weight excluding hydrogens is 406 g/mol. The highest BCUT2D eigenvalue weighted by molar-refractivity contribution is 7.89. The van der Waals surface area contributed by atoms with Crippen molar-refractivity contribution in [2.24, 2.45) is 0 Å². The smallest absolute Gasteiger partial charge is 0.243 e. The first-order valence-corrected chi connectivity index (χ1v) is 12.5. The molecule has 0 radical (unpaired) electrons. The van der Waals surface area contributed by atoms with E-state index in [0.29, 0.717) is 26.1 Å². The molecule has 1 amide bonds. The molecule has 0 aliphatic carbocycles. The summed E-state index contributed by atoms with van der Waals surface area (Å²) < 4.78 is 27.8. The lowest BCUT2D eigenvalue weighted by Gasteiger charge is -2.40. The zero-order valence-corrected chi connectivity index (χ0v) is 18.1. The molecule has 0 spiro atoms. The summed E-state index contributed by atoms with van der Waals surface area (Å²) in [6.07, 6.45) is 2.28. The molecular formula is C21H27N3O3S2. The average Bonchev–Trinajstić information content (AvgIpc) is 3.27. The minimum absolute atomic E-state index is 0.0417. The Morgan fingerprint density at radius 2 is 1.72 bits per heavy atom. The molecule has 1 atom stereocenters. The molecule has 2 aliphatic heterocycles. The van der Waals surface area contributed by atoms with Crippen molar-refractivity contribution in [1.82, 2.24) is 14.1 Å². The van der Waals surface area contributed by atoms with E-state index in [1.54, 1.807) is 41.7 Å². The fraction of sp³-hybridized carbons (Fsp3) is 0.476. The molecule has 1 aromatic heterocycles. The number of nitrogens with zero attached hydrogens (tertiary/aromatic N) is 3. The zero-order valence-electron chi connectivity index (χ0n) is 16.4. The predicted octanol–water partition coefficient (Wildman–Crippen LogP) is 2.64. The molecule has 2 aromatic rings. The second kappa shape index (κ2) is 8.95. The number of sulfonamides is 1. The second-order valence-electron chi connectivity index (χ2n) is 7.62. The summed E-state index contributed by atoms with van der Waals surface area (Å²) in [6, 6.07) is 12.1. The zero-order chi connectivity index (χ0) is 20.3. The minimum atomic E-state index is -3.66. The first-order chi connectivity index (χ1) is 14.1. The van der Waals surface area contributed by atoms with Crippen molar-refractivity contribution in [3.05, 3.63) is 52.7 Å². The molecule has 156 valence electrons. The standard InChI is InChI=1S/C21H27N3O3S2/c25-21(23-14-12-22(13-15-23)17-18-7-6-16-28-18)20-10-4-5-11-24(20)29(26,27)19-8-2-1-3-9-19/h1-3,6-9,16,20H,4-5,10-15,17H2/t20-/m1/s1.